The number of anilines is 1. The first-order valence-electron chi connectivity index (χ1n) is 6.03. The minimum Gasteiger partial charge on any atom is -0.372 e. The predicted molar refractivity (Wildman–Crippen MR) is 70.9 cm³/mol. The fourth-order valence-electron chi connectivity index (χ4n) is 2.08. The maximum absolute atomic E-state index is 12.4. The van der Waals surface area contributed by atoms with E-state index in [9.17, 15) is 8.42 Å². The maximum atomic E-state index is 12.4. The van der Waals surface area contributed by atoms with Crippen LogP contribution >= 0.6 is 0 Å². The van der Waals surface area contributed by atoms with Crippen LogP contribution in [-0.2, 0) is 10.0 Å². The Kier molecular flexibility index (Phi) is 3.33. The molecule has 0 bridgehead atoms. The van der Waals surface area contributed by atoms with Crippen LogP contribution in [0.25, 0.3) is 0 Å². The first kappa shape index (κ1) is 13.3. The fourth-order valence-corrected chi connectivity index (χ4v) is 3.72. The van der Waals surface area contributed by atoms with E-state index >= 15 is 0 Å². The van der Waals surface area contributed by atoms with Gasteiger partial charge in [-0.05, 0) is 44.7 Å². The highest BCUT2D eigenvalue weighted by Crippen LogP contribution is 2.40. The minimum absolute atomic E-state index is 0.196. The molecule has 1 saturated carbocycles. The van der Waals surface area contributed by atoms with Crippen molar-refractivity contribution in [2.45, 2.75) is 37.1 Å². The molecule has 0 aliphatic heterocycles. The lowest BCUT2D eigenvalue weighted by Crippen LogP contribution is -2.45. The fraction of sp³-hybridized carbons (Fsp3) is 0.583. The van der Waals surface area contributed by atoms with E-state index in [0.29, 0.717) is 11.7 Å². The van der Waals surface area contributed by atoms with E-state index in [4.69, 9.17) is 0 Å². The molecule has 0 spiro atoms. The van der Waals surface area contributed by atoms with E-state index in [2.05, 4.69) is 15.0 Å². The molecule has 0 aromatic carbocycles. The van der Waals surface area contributed by atoms with Crippen LogP contribution < -0.4 is 10.0 Å². The second-order valence-electron chi connectivity index (χ2n) is 5.20. The average molecular weight is 269 g/mol. The van der Waals surface area contributed by atoms with Crippen molar-refractivity contribution in [3.8, 4) is 0 Å². The summed E-state index contributed by atoms with van der Waals surface area (Å²) in [5.41, 5.74) is -0.403. The topological polar surface area (TPSA) is 71.1 Å². The largest absolute Gasteiger partial charge is 0.372 e. The molecule has 1 aromatic rings. The zero-order valence-corrected chi connectivity index (χ0v) is 11.7. The van der Waals surface area contributed by atoms with Crippen LogP contribution in [0.4, 0.5) is 5.82 Å². The normalized spacial score (nSPS) is 16.6. The van der Waals surface area contributed by atoms with Gasteiger partial charge in [0, 0.05) is 18.8 Å². The van der Waals surface area contributed by atoms with Crippen LogP contribution in [0.3, 0.4) is 0 Å². The Labute approximate surface area is 108 Å². The lowest BCUT2D eigenvalue weighted by atomic mass is 10.0. The highest BCUT2D eigenvalue weighted by molar-refractivity contribution is 7.89. The Morgan fingerprint density at radius 3 is 2.61 bits per heavy atom. The monoisotopic (exact) mass is 269 g/mol. The Hall–Kier alpha value is -1.14. The van der Waals surface area contributed by atoms with Gasteiger partial charge < -0.3 is 5.32 Å². The number of hydrogen-bond donors (Lipinski definition) is 2. The molecule has 2 rings (SSSR count). The van der Waals surface area contributed by atoms with Crippen molar-refractivity contribution >= 4 is 15.8 Å². The second kappa shape index (κ2) is 4.51. The molecular formula is C12H19N3O2S. The Morgan fingerprint density at radius 2 is 2.06 bits per heavy atom. The molecule has 2 N–H and O–H groups in total. The van der Waals surface area contributed by atoms with Crippen molar-refractivity contribution < 1.29 is 8.42 Å². The van der Waals surface area contributed by atoms with E-state index < -0.39 is 15.6 Å². The van der Waals surface area contributed by atoms with Crippen LogP contribution in [0, 0.1) is 5.92 Å². The number of hydrogen-bond acceptors (Lipinski definition) is 4. The summed E-state index contributed by atoms with van der Waals surface area (Å²) in [5, 5.41) is 2.80. The Bertz CT molecular complexity index is 536. The number of rotatable bonds is 5. The van der Waals surface area contributed by atoms with Gasteiger partial charge >= 0.3 is 0 Å². The Morgan fingerprint density at radius 1 is 1.39 bits per heavy atom. The molecule has 0 unspecified atom stereocenters. The summed E-state index contributed by atoms with van der Waals surface area (Å²) in [4.78, 5) is 4.22. The summed E-state index contributed by atoms with van der Waals surface area (Å²) in [6, 6.07) is 3.18. The minimum atomic E-state index is -3.54. The summed E-state index contributed by atoms with van der Waals surface area (Å²) < 4.78 is 27.5. The first-order valence-corrected chi connectivity index (χ1v) is 7.52. The van der Waals surface area contributed by atoms with E-state index in [1.54, 1.807) is 25.4 Å². The van der Waals surface area contributed by atoms with E-state index in [1.807, 2.05) is 13.8 Å². The highest BCUT2D eigenvalue weighted by Gasteiger charge is 2.41. The summed E-state index contributed by atoms with van der Waals surface area (Å²) in [6.07, 6.45) is 3.74. The zero-order valence-electron chi connectivity index (χ0n) is 10.9. The van der Waals surface area contributed by atoms with Gasteiger partial charge in [-0.15, -0.1) is 0 Å². The van der Waals surface area contributed by atoms with Crippen LogP contribution in [0.5, 0.6) is 0 Å². The quantitative estimate of drug-likeness (QED) is 0.851. The smallest absolute Gasteiger partial charge is 0.244 e. The SMILES string of the molecule is CNc1ncccc1S(=O)(=O)NC(C)(C)C1CC1. The molecule has 1 aliphatic carbocycles. The molecule has 100 valence electrons. The number of nitrogens with zero attached hydrogens (tertiary/aromatic N) is 1. The molecule has 18 heavy (non-hydrogen) atoms. The van der Waals surface area contributed by atoms with E-state index in [-0.39, 0.29) is 4.90 Å². The molecule has 6 heteroatoms. The zero-order chi connectivity index (χ0) is 13.4. The molecule has 1 fully saturated rings. The third-order valence-electron chi connectivity index (χ3n) is 3.29. The summed E-state index contributed by atoms with van der Waals surface area (Å²) in [7, 11) is -1.88. The van der Waals surface area contributed by atoms with Crippen LogP contribution in [0.1, 0.15) is 26.7 Å². The third kappa shape index (κ3) is 2.64. The van der Waals surface area contributed by atoms with Gasteiger partial charge in [-0.1, -0.05) is 0 Å². The van der Waals surface area contributed by atoms with Gasteiger partial charge in [0.15, 0.2) is 0 Å². The third-order valence-corrected chi connectivity index (χ3v) is 5.00. The van der Waals surface area contributed by atoms with Crippen LogP contribution in [0.2, 0.25) is 0 Å². The van der Waals surface area contributed by atoms with Crippen molar-refractivity contribution in [3.63, 3.8) is 0 Å². The molecule has 1 aliphatic rings. The van der Waals surface area contributed by atoms with Gasteiger partial charge in [-0.25, -0.2) is 18.1 Å². The molecule has 0 atom stereocenters. The van der Waals surface area contributed by atoms with Gasteiger partial charge in [-0.3, -0.25) is 0 Å². The Balaban J connectivity index is 2.30. The highest BCUT2D eigenvalue weighted by atomic mass is 32.2. The van der Waals surface area contributed by atoms with Crippen molar-refractivity contribution in [2.75, 3.05) is 12.4 Å². The number of aromatic nitrogens is 1. The second-order valence-corrected chi connectivity index (χ2v) is 6.85. The van der Waals surface area contributed by atoms with Gasteiger partial charge in [0.25, 0.3) is 0 Å². The van der Waals surface area contributed by atoms with Gasteiger partial charge in [0.05, 0.1) is 0 Å². The number of sulfonamides is 1. The average Bonchev–Trinajstić information content (AvgIpc) is 3.11. The van der Waals surface area contributed by atoms with Gasteiger partial charge in [0.2, 0.25) is 10.0 Å². The van der Waals surface area contributed by atoms with Crippen LogP contribution in [-0.4, -0.2) is 26.0 Å². The van der Waals surface area contributed by atoms with Crippen molar-refractivity contribution in [1.82, 2.24) is 9.71 Å². The van der Waals surface area contributed by atoms with Crippen molar-refractivity contribution in [1.29, 1.82) is 0 Å². The standard InChI is InChI=1S/C12H19N3O2S/c1-12(2,9-6-7-9)15-18(16,17)10-5-4-8-14-11(10)13-3/h4-5,8-9,15H,6-7H2,1-3H3,(H,13,14). The summed E-state index contributed by atoms with van der Waals surface area (Å²) in [5.74, 6) is 0.804. The summed E-state index contributed by atoms with van der Waals surface area (Å²) >= 11 is 0. The molecule has 1 aromatic heterocycles. The van der Waals surface area contributed by atoms with Crippen LogP contribution in [0.15, 0.2) is 23.2 Å². The van der Waals surface area contributed by atoms with Crippen molar-refractivity contribution in [3.05, 3.63) is 18.3 Å². The van der Waals surface area contributed by atoms with E-state index in [1.165, 1.54) is 0 Å². The molecular weight excluding hydrogens is 250 g/mol. The molecule has 0 radical (unpaired) electrons. The van der Waals surface area contributed by atoms with Gasteiger partial charge in [-0.2, -0.15) is 0 Å². The predicted octanol–water partition coefficient (Wildman–Crippen LogP) is 1.59. The van der Waals surface area contributed by atoms with Crippen molar-refractivity contribution in [2.24, 2.45) is 5.92 Å². The maximum Gasteiger partial charge on any atom is 0.244 e. The lowest BCUT2D eigenvalue weighted by Gasteiger charge is -2.26. The van der Waals surface area contributed by atoms with Gasteiger partial charge in [0.1, 0.15) is 10.7 Å². The number of pyridine rings is 1. The molecule has 0 amide bonds. The lowest BCUT2D eigenvalue weighted by molar-refractivity contribution is 0.400. The number of nitrogens with one attached hydrogen (secondary N) is 2. The molecule has 0 saturated heterocycles. The molecule has 5 nitrogen and oxygen atoms in total. The van der Waals surface area contributed by atoms with E-state index in [0.717, 1.165) is 12.8 Å². The first-order chi connectivity index (χ1) is 8.37. The molecule has 1 heterocycles. The summed E-state index contributed by atoms with van der Waals surface area (Å²) in [6.45, 7) is 3.86.